The van der Waals surface area contributed by atoms with E-state index in [0.717, 1.165) is 29.9 Å². The second-order valence-electron chi connectivity index (χ2n) is 4.09. The maximum Gasteiger partial charge on any atom is 0.106 e. The zero-order chi connectivity index (χ0) is 13.0. The topological polar surface area (TPSA) is 55.9 Å². The van der Waals surface area contributed by atoms with Crippen molar-refractivity contribution >= 4 is 22.9 Å². The Balaban J connectivity index is 2.06. The molecular formula is C13H16N4S. The number of rotatable bonds is 5. The van der Waals surface area contributed by atoms with Crippen LogP contribution in [0.4, 0.5) is 5.69 Å². The molecule has 5 heteroatoms. The Morgan fingerprint density at radius 3 is 3.00 bits per heavy atom. The van der Waals surface area contributed by atoms with Gasteiger partial charge >= 0.3 is 0 Å². The SMILES string of the molecule is Cc1cccc(C(N)=S)c1NCCn1ccnc1. The predicted octanol–water partition coefficient (Wildman–Crippen LogP) is 1.94. The Hall–Kier alpha value is -1.88. The van der Waals surface area contributed by atoms with Crippen LogP contribution in [0.3, 0.4) is 0 Å². The summed E-state index contributed by atoms with van der Waals surface area (Å²) in [5.74, 6) is 0. The van der Waals surface area contributed by atoms with Gasteiger partial charge < -0.3 is 15.6 Å². The molecule has 1 aromatic heterocycles. The van der Waals surface area contributed by atoms with Gasteiger partial charge in [-0.1, -0.05) is 24.4 Å². The molecule has 0 bridgehead atoms. The van der Waals surface area contributed by atoms with E-state index in [9.17, 15) is 0 Å². The van der Waals surface area contributed by atoms with Crippen LogP contribution < -0.4 is 11.1 Å². The number of anilines is 1. The maximum absolute atomic E-state index is 5.73. The summed E-state index contributed by atoms with van der Waals surface area (Å²) >= 11 is 5.06. The summed E-state index contributed by atoms with van der Waals surface area (Å²) in [6.07, 6.45) is 5.51. The molecule has 4 nitrogen and oxygen atoms in total. The van der Waals surface area contributed by atoms with Gasteiger partial charge in [-0.05, 0) is 18.6 Å². The van der Waals surface area contributed by atoms with Gasteiger partial charge in [-0.15, -0.1) is 0 Å². The Bertz CT molecular complexity index is 534. The minimum atomic E-state index is 0.420. The highest BCUT2D eigenvalue weighted by molar-refractivity contribution is 7.80. The van der Waals surface area contributed by atoms with Crippen molar-refractivity contribution in [2.45, 2.75) is 13.5 Å². The van der Waals surface area contributed by atoms with E-state index in [2.05, 4.69) is 10.3 Å². The van der Waals surface area contributed by atoms with Crippen molar-refractivity contribution in [3.8, 4) is 0 Å². The molecule has 0 spiro atoms. The van der Waals surface area contributed by atoms with Crippen LogP contribution in [0.2, 0.25) is 0 Å². The highest BCUT2D eigenvalue weighted by atomic mass is 32.1. The van der Waals surface area contributed by atoms with Crippen LogP contribution in [0, 0.1) is 6.92 Å². The van der Waals surface area contributed by atoms with Crippen LogP contribution in [0.25, 0.3) is 0 Å². The van der Waals surface area contributed by atoms with E-state index in [1.807, 2.05) is 35.9 Å². The maximum atomic E-state index is 5.73. The standard InChI is InChI=1S/C13H16N4S/c1-10-3-2-4-11(13(14)18)12(10)16-6-8-17-7-5-15-9-17/h2-5,7,9,16H,6,8H2,1H3,(H2,14,18). The van der Waals surface area contributed by atoms with Gasteiger partial charge in [0.1, 0.15) is 4.99 Å². The molecular weight excluding hydrogens is 244 g/mol. The third kappa shape index (κ3) is 2.87. The lowest BCUT2D eigenvalue weighted by molar-refractivity contribution is 0.726. The molecule has 0 aliphatic rings. The molecule has 1 aromatic carbocycles. The molecule has 0 radical (unpaired) electrons. The van der Waals surface area contributed by atoms with Crippen molar-refractivity contribution in [3.05, 3.63) is 48.0 Å². The molecule has 0 unspecified atom stereocenters. The van der Waals surface area contributed by atoms with Crippen molar-refractivity contribution in [1.29, 1.82) is 0 Å². The fraction of sp³-hybridized carbons (Fsp3) is 0.231. The third-order valence-electron chi connectivity index (χ3n) is 2.77. The van der Waals surface area contributed by atoms with Gasteiger partial charge in [0.25, 0.3) is 0 Å². The van der Waals surface area contributed by atoms with Gasteiger partial charge in [0, 0.05) is 36.7 Å². The number of nitrogens with two attached hydrogens (primary N) is 1. The van der Waals surface area contributed by atoms with Crippen LogP contribution in [-0.4, -0.2) is 21.1 Å². The average Bonchev–Trinajstić information content (AvgIpc) is 2.84. The van der Waals surface area contributed by atoms with E-state index in [1.54, 1.807) is 12.5 Å². The molecule has 2 rings (SSSR count). The minimum Gasteiger partial charge on any atom is -0.389 e. The molecule has 0 amide bonds. The number of aryl methyl sites for hydroxylation is 1. The Morgan fingerprint density at radius 2 is 2.33 bits per heavy atom. The van der Waals surface area contributed by atoms with E-state index in [0.29, 0.717) is 4.99 Å². The van der Waals surface area contributed by atoms with Crippen molar-refractivity contribution in [1.82, 2.24) is 9.55 Å². The van der Waals surface area contributed by atoms with E-state index in [-0.39, 0.29) is 0 Å². The first-order valence-electron chi connectivity index (χ1n) is 5.77. The van der Waals surface area contributed by atoms with Crippen LogP contribution in [0.15, 0.2) is 36.9 Å². The van der Waals surface area contributed by atoms with Crippen LogP contribution in [0.5, 0.6) is 0 Å². The zero-order valence-electron chi connectivity index (χ0n) is 10.3. The highest BCUT2D eigenvalue weighted by Crippen LogP contribution is 2.20. The van der Waals surface area contributed by atoms with Crippen LogP contribution in [0.1, 0.15) is 11.1 Å². The third-order valence-corrected chi connectivity index (χ3v) is 2.99. The fourth-order valence-corrected chi connectivity index (χ4v) is 2.01. The normalized spacial score (nSPS) is 10.3. The molecule has 94 valence electrons. The van der Waals surface area contributed by atoms with Crippen molar-refractivity contribution in [3.63, 3.8) is 0 Å². The predicted molar refractivity (Wildman–Crippen MR) is 77.8 cm³/mol. The van der Waals surface area contributed by atoms with E-state index in [4.69, 9.17) is 18.0 Å². The molecule has 3 N–H and O–H groups in total. The molecule has 0 saturated carbocycles. The molecule has 1 heterocycles. The van der Waals surface area contributed by atoms with Crippen LogP contribution in [-0.2, 0) is 6.54 Å². The monoisotopic (exact) mass is 260 g/mol. The minimum absolute atomic E-state index is 0.420. The average molecular weight is 260 g/mol. The van der Waals surface area contributed by atoms with E-state index < -0.39 is 0 Å². The summed E-state index contributed by atoms with van der Waals surface area (Å²) in [7, 11) is 0. The van der Waals surface area contributed by atoms with E-state index >= 15 is 0 Å². The molecule has 2 aromatic rings. The lowest BCUT2D eigenvalue weighted by Gasteiger charge is -2.14. The molecule has 0 aliphatic heterocycles. The summed E-state index contributed by atoms with van der Waals surface area (Å²) in [4.78, 5) is 4.43. The van der Waals surface area contributed by atoms with Crippen LogP contribution >= 0.6 is 12.2 Å². The first-order valence-corrected chi connectivity index (χ1v) is 6.18. The lowest BCUT2D eigenvalue weighted by atomic mass is 10.1. The Kier molecular flexibility index (Phi) is 3.94. The van der Waals surface area contributed by atoms with Gasteiger partial charge in [-0.25, -0.2) is 4.98 Å². The highest BCUT2D eigenvalue weighted by Gasteiger charge is 2.06. The number of para-hydroxylation sites is 1. The largest absolute Gasteiger partial charge is 0.389 e. The fourth-order valence-electron chi connectivity index (χ4n) is 1.84. The van der Waals surface area contributed by atoms with Gasteiger partial charge in [0.15, 0.2) is 0 Å². The number of imidazole rings is 1. The van der Waals surface area contributed by atoms with Crippen molar-refractivity contribution < 1.29 is 0 Å². The summed E-state index contributed by atoms with van der Waals surface area (Å²) in [6, 6.07) is 5.95. The molecule has 0 fully saturated rings. The Labute approximate surface area is 112 Å². The molecule has 0 atom stereocenters. The quantitative estimate of drug-likeness (QED) is 0.807. The second-order valence-corrected chi connectivity index (χ2v) is 4.53. The van der Waals surface area contributed by atoms with Crippen molar-refractivity contribution in [2.75, 3.05) is 11.9 Å². The number of nitrogens with zero attached hydrogens (tertiary/aromatic N) is 2. The van der Waals surface area contributed by atoms with Gasteiger partial charge in [-0.3, -0.25) is 0 Å². The number of hydrogen-bond acceptors (Lipinski definition) is 3. The number of aromatic nitrogens is 2. The molecule has 0 saturated heterocycles. The number of thiocarbonyl (C=S) groups is 1. The number of nitrogens with one attached hydrogen (secondary N) is 1. The first-order chi connectivity index (χ1) is 8.68. The summed E-state index contributed by atoms with van der Waals surface area (Å²) < 4.78 is 2.02. The van der Waals surface area contributed by atoms with Gasteiger partial charge in [0.05, 0.1) is 6.33 Å². The summed E-state index contributed by atoms with van der Waals surface area (Å²) in [5, 5.41) is 3.39. The van der Waals surface area contributed by atoms with Gasteiger partial charge in [0.2, 0.25) is 0 Å². The summed E-state index contributed by atoms with van der Waals surface area (Å²) in [6.45, 7) is 3.70. The number of hydrogen-bond donors (Lipinski definition) is 2. The smallest absolute Gasteiger partial charge is 0.106 e. The second kappa shape index (κ2) is 5.64. The Morgan fingerprint density at radius 1 is 1.50 bits per heavy atom. The molecule has 18 heavy (non-hydrogen) atoms. The van der Waals surface area contributed by atoms with Gasteiger partial charge in [-0.2, -0.15) is 0 Å². The molecule has 0 aliphatic carbocycles. The lowest BCUT2D eigenvalue weighted by Crippen LogP contribution is -2.16. The van der Waals surface area contributed by atoms with Crippen molar-refractivity contribution in [2.24, 2.45) is 5.73 Å². The number of benzene rings is 1. The zero-order valence-corrected chi connectivity index (χ0v) is 11.1. The summed E-state index contributed by atoms with van der Waals surface area (Å²) in [5.41, 5.74) is 8.79. The first kappa shape index (κ1) is 12.6. The van der Waals surface area contributed by atoms with E-state index in [1.165, 1.54) is 0 Å².